The van der Waals surface area contributed by atoms with Crippen molar-refractivity contribution in [3.05, 3.63) is 23.8 Å². The molecule has 0 radical (unpaired) electrons. The number of carbonyl (C=O) groups is 2. The molecule has 1 saturated carbocycles. The highest BCUT2D eigenvalue weighted by atomic mass is 35.5. The minimum Gasteiger partial charge on any atom is -0.493 e. The number of hydrogen-bond donors (Lipinski definition) is 2. The maximum atomic E-state index is 12.5. The van der Waals surface area contributed by atoms with Crippen LogP contribution in [0.2, 0.25) is 0 Å². The van der Waals surface area contributed by atoms with Crippen LogP contribution >= 0.6 is 12.4 Å². The Labute approximate surface area is 160 Å². The zero-order valence-corrected chi connectivity index (χ0v) is 16.1. The van der Waals surface area contributed by atoms with E-state index in [0.717, 1.165) is 18.4 Å². The van der Waals surface area contributed by atoms with Crippen molar-refractivity contribution < 1.29 is 23.8 Å². The molecule has 0 aliphatic heterocycles. The van der Waals surface area contributed by atoms with Crippen molar-refractivity contribution in [1.29, 1.82) is 0 Å². The van der Waals surface area contributed by atoms with Crippen molar-refractivity contribution in [1.82, 2.24) is 5.32 Å². The Balaban J connectivity index is 0.00000338. The van der Waals surface area contributed by atoms with Gasteiger partial charge in [-0.1, -0.05) is 6.07 Å². The molecule has 3 atom stereocenters. The summed E-state index contributed by atoms with van der Waals surface area (Å²) in [5.74, 6) is 0.512. The second-order valence-corrected chi connectivity index (χ2v) is 6.23. The smallest absolute Gasteiger partial charge is 0.307 e. The summed E-state index contributed by atoms with van der Waals surface area (Å²) in [6.07, 6.45) is 2.32. The number of carbonyl (C=O) groups excluding carboxylic acids is 2. The Morgan fingerprint density at radius 2 is 1.88 bits per heavy atom. The van der Waals surface area contributed by atoms with Crippen LogP contribution in [0.5, 0.6) is 11.5 Å². The average molecular weight is 387 g/mol. The van der Waals surface area contributed by atoms with Gasteiger partial charge in [0.05, 0.1) is 33.8 Å². The molecule has 0 spiro atoms. The number of halogens is 1. The van der Waals surface area contributed by atoms with Crippen LogP contribution in [-0.2, 0) is 14.3 Å². The lowest BCUT2D eigenvalue weighted by atomic mass is 10.0. The summed E-state index contributed by atoms with van der Waals surface area (Å²) < 4.78 is 15.3. The molecule has 1 aliphatic carbocycles. The Kier molecular flexibility index (Phi) is 8.68. The Morgan fingerprint density at radius 1 is 1.19 bits per heavy atom. The van der Waals surface area contributed by atoms with E-state index in [9.17, 15) is 9.59 Å². The van der Waals surface area contributed by atoms with Crippen molar-refractivity contribution in [2.75, 3.05) is 21.3 Å². The van der Waals surface area contributed by atoms with Crippen molar-refractivity contribution in [2.45, 2.75) is 37.8 Å². The highest BCUT2D eigenvalue weighted by Gasteiger charge is 2.30. The molecule has 1 aliphatic rings. The average Bonchev–Trinajstić information content (AvgIpc) is 3.06. The molecular weight excluding hydrogens is 360 g/mol. The number of esters is 1. The zero-order chi connectivity index (χ0) is 18.4. The number of benzene rings is 1. The first-order chi connectivity index (χ1) is 12.0. The molecule has 3 unspecified atom stereocenters. The summed E-state index contributed by atoms with van der Waals surface area (Å²) in [5.41, 5.74) is 6.64. The van der Waals surface area contributed by atoms with Crippen LogP contribution in [0.4, 0.5) is 0 Å². The summed E-state index contributed by atoms with van der Waals surface area (Å²) >= 11 is 0. The molecule has 0 bridgehead atoms. The molecule has 146 valence electrons. The zero-order valence-electron chi connectivity index (χ0n) is 15.3. The predicted molar refractivity (Wildman–Crippen MR) is 99.6 cm³/mol. The fraction of sp³-hybridized carbons (Fsp3) is 0.556. The van der Waals surface area contributed by atoms with Gasteiger partial charge in [-0.2, -0.15) is 0 Å². The van der Waals surface area contributed by atoms with Gasteiger partial charge >= 0.3 is 5.97 Å². The van der Waals surface area contributed by atoms with E-state index in [1.165, 1.54) is 14.2 Å². The van der Waals surface area contributed by atoms with E-state index < -0.39 is 12.0 Å². The van der Waals surface area contributed by atoms with Gasteiger partial charge < -0.3 is 25.3 Å². The van der Waals surface area contributed by atoms with E-state index in [1.807, 2.05) is 0 Å². The summed E-state index contributed by atoms with van der Waals surface area (Å²) in [6, 6.07) is 4.87. The van der Waals surface area contributed by atoms with E-state index >= 15 is 0 Å². The van der Waals surface area contributed by atoms with E-state index in [-0.39, 0.29) is 36.7 Å². The van der Waals surface area contributed by atoms with E-state index in [1.54, 1.807) is 25.3 Å². The number of hydrogen-bond acceptors (Lipinski definition) is 6. The standard InChI is InChI=1S/C18H26N2O5.ClH/c1-23-15-7-5-11(9-16(15)24-2)14(10-17(21)25-3)20-18(22)12-4-6-13(19)8-12;/h5,7,9,12-14H,4,6,8,10,19H2,1-3H3,(H,20,22);1H. The molecule has 0 aromatic heterocycles. The summed E-state index contributed by atoms with van der Waals surface area (Å²) in [5, 5.41) is 2.96. The van der Waals surface area contributed by atoms with Gasteiger partial charge in [-0.3, -0.25) is 9.59 Å². The Morgan fingerprint density at radius 3 is 2.42 bits per heavy atom. The molecular formula is C18H27ClN2O5. The highest BCUT2D eigenvalue weighted by Crippen LogP contribution is 2.32. The molecule has 0 heterocycles. The molecule has 8 heteroatoms. The number of nitrogens with two attached hydrogens (primary N) is 1. The highest BCUT2D eigenvalue weighted by molar-refractivity contribution is 5.85. The van der Waals surface area contributed by atoms with Gasteiger partial charge in [0.2, 0.25) is 5.91 Å². The predicted octanol–water partition coefficient (Wildman–Crippen LogP) is 1.97. The second-order valence-electron chi connectivity index (χ2n) is 6.23. The minimum absolute atomic E-state index is 0. The van der Waals surface area contributed by atoms with Crippen LogP contribution < -0.4 is 20.5 Å². The van der Waals surface area contributed by atoms with E-state index in [4.69, 9.17) is 19.9 Å². The molecule has 3 N–H and O–H groups in total. The van der Waals surface area contributed by atoms with Crippen LogP contribution in [0.3, 0.4) is 0 Å². The monoisotopic (exact) mass is 386 g/mol. The Bertz CT molecular complexity index is 626. The van der Waals surface area contributed by atoms with Crippen molar-refractivity contribution in [3.8, 4) is 11.5 Å². The Hall–Kier alpha value is -1.99. The lowest BCUT2D eigenvalue weighted by molar-refractivity contribution is -0.141. The topological polar surface area (TPSA) is 99.9 Å². The molecule has 0 saturated heterocycles. The van der Waals surface area contributed by atoms with Crippen LogP contribution in [0.25, 0.3) is 0 Å². The molecule has 26 heavy (non-hydrogen) atoms. The summed E-state index contributed by atoms with van der Waals surface area (Å²) in [7, 11) is 4.41. The lowest BCUT2D eigenvalue weighted by Gasteiger charge is -2.21. The maximum Gasteiger partial charge on any atom is 0.307 e. The first kappa shape index (κ1) is 22.1. The molecule has 1 fully saturated rings. The molecule has 2 rings (SSSR count). The third-order valence-corrected chi connectivity index (χ3v) is 4.57. The van der Waals surface area contributed by atoms with Crippen LogP contribution in [0, 0.1) is 5.92 Å². The number of nitrogens with one attached hydrogen (secondary N) is 1. The fourth-order valence-electron chi connectivity index (χ4n) is 3.12. The van der Waals surface area contributed by atoms with Gasteiger partial charge in [-0.05, 0) is 37.0 Å². The quantitative estimate of drug-likeness (QED) is 0.695. The van der Waals surface area contributed by atoms with Crippen molar-refractivity contribution in [2.24, 2.45) is 11.7 Å². The summed E-state index contributed by atoms with van der Waals surface area (Å²) in [6.45, 7) is 0. The van der Waals surface area contributed by atoms with Crippen LogP contribution in [-0.4, -0.2) is 39.2 Å². The largest absolute Gasteiger partial charge is 0.493 e. The first-order valence-electron chi connectivity index (χ1n) is 8.33. The first-order valence-corrected chi connectivity index (χ1v) is 8.33. The normalized spacial score (nSPS) is 19.8. The molecule has 1 amide bonds. The van der Waals surface area contributed by atoms with Gasteiger partial charge in [0.1, 0.15) is 0 Å². The van der Waals surface area contributed by atoms with Gasteiger partial charge in [-0.15, -0.1) is 12.4 Å². The third-order valence-electron chi connectivity index (χ3n) is 4.57. The van der Waals surface area contributed by atoms with E-state index in [0.29, 0.717) is 17.9 Å². The maximum absolute atomic E-state index is 12.5. The second kappa shape index (κ2) is 10.2. The van der Waals surface area contributed by atoms with Crippen LogP contribution in [0.15, 0.2) is 18.2 Å². The van der Waals surface area contributed by atoms with Gasteiger partial charge in [0.25, 0.3) is 0 Å². The van der Waals surface area contributed by atoms with Crippen molar-refractivity contribution in [3.63, 3.8) is 0 Å². The van der Waals surface area contributed by atoms with Crippen molar-refractivity contribution >= 4 is 24.3 Å². The van der Waals surface area contributed by atoms with Crippen LogP contribution in [0.1, 0.15) is 37.3 Å². The molecule has 1 aromatic carbocycles. The number of rotatable bonds is 7. The van der Waals surface area contributed by atoms with Gasteiger partial charge in [0, 0.05) is 12.0 Å². The number of methoxy groups -OCH3 is 3. The van der Waals surface area contributed by atoms with Gasteiger partial charge in [0.15, 0.2) is 11.5 Å². The fourth-order valence-corrected chi connectivity index (χ4v) is 3.12. The number of amides is 1. The SMILES string of the molecule is COC(=O)CC(NC(=O)C1CCC(N)C1)c1ccc(OC)c(OC)c1.Cl. The molecule has 7 nitrogen and oxygen atoms in total. The van der Waals surface area contributed by atoms with Gasteiger partial charge in [-0.25, -0.2) is 0 Å². The number of ether oxygens (including phenoxy) is 3. The summed E-state index contributed by atoms with van der Waals surface area (Å²) in [4.78, 5) is 24.3. The van der Waals surface area contributed by atoms with E-state index in [2.05, 4.69) is 5.32 Å². The lowest BCUT2D eigenvalue weighted by Crippen LogP contribution is -2.35. The third kappa shape index (κ3) is 5.51. The molecule has 1 aromatic rings. The minimum atomic E-state index is -0.503.